The van der Waals surface area contributed by atoms with Crippen LogP contribution >= 0.6 is 10.7 Å². The number of oxazole rings is 1. The van der Waals surface area contributed by atoms with Crippen LogP contribution in [0.15, 0.2) is 21.4 Å². The van der Waals surface area contributed by atoms with Gasteiger partial charge in [0, 0.05) is 16.1 Å². The zero-order valence-electron chi connectivity index (χ0n) is 11.2. The van der Waals surface area contributed by atoms with E-state index in [1.807, 2.05) is 0 Å². The molecule has 0 aliphatic carbocycles. The molecule has 0 atom stereocenters. The molecule has 0 spiro atoms. The minimum absolute atomic E-state index is 0.00662. The Labute approximate surface area is 123 Å². The predicted molar refractivity (Wildman–Crippen MR) is 70.7 cm³/mol. The maximum atomic E-state index is 13.0. The predicted octanol–water partition coefficient (Wildman–Crippen LogP) is 4.07. The first-order valence-electron chi connectivity index (χ1n) is 5.77. The van der Waals surface area contributed by atoms with E-state index in [9.17, 15) is 21.6 Å². The molecule has 9 heteroatoms. The quantitative estimate of drug-likeness (QED) is 0.733. The smallest absolute Gasteiger partial charge is 0.417 e. The highest BCUT2D eigenvalue weighted by molar-refractivity contribution is 8.14. The summed E-state index contributed by atoms with van der Waals surface area (Å²) in [7, 11) is 0.500. The number of hydrogen-bond acceptors (Lipinski definition) is 4. The van der Waals surface area contributed by atoms with Crippen LogP contribution in [0.2, 0.25) is 0 Å². The van der Waals surface area contributed by atoms with Gasteiger partial charge in [-0.1, -0.05) is 20.8 Å². The number of rotatable bonds is 1. The van der Waals surface area contributed by atoms with Crippen LogP contribution in [0.3, 0.4) is 0 Å². The molecule has 0 radical (unpaired) electrons. The molecule has 0 amide bonds. The number of fused-ring (bicyclic) bond motifs is 1. The van der Waals surface area contributed by atoms with Gasteiger partial charge in [-0.05, 0) is 12.1 Å². The molecule has 0 unspecified atom stereocenters. The summed E-state index contributed by atoms with van der Waals surface area (Å²) in [5, 5.41) is 0. The number of benzene rings is 1. The topological polar surface area (TPSA) is 60.2 Å². The number of alkyl halides is 3. The average Bonchev–Trinajstić information content (AvgIpc) is 2.67. The maximum Gasteiger partial charge on any atom is 0.417 e. The summed E-state index contributed by atoms with van der Waals surface area (Å²) in [4.78, 5) is 2.92. The van der Waals surface area contributed by atoms with Crippen molar-refractivity contribution >= 4 is 30.8 Å². The third-order valence-electron chi connectivity index (χ3n) is 2.70. The summed E-state index contributed by atoms with van der Waals surface area (Å²) in [5.41, 5.74) is -2.44. The third-order valence-corrected chi connectivity index (χ3v) is 4.06. The molecule has 21 heavy (non-hydrogen) atoms. The fourth-order valence-corrected chi connectivity index (χ4v) is 3.03. The van der Waals surface area contributed by atoms with Crippen LogP contribution in [-0.2, 0) is 20.6 Å². The van der Waals surface area contributed by atoms with Gasteiger partial charge in [0.25, 0.3) is 9.05 Å². The van der Waals surface area contributed by atoms with Crippen molar-refractivity contribution in [2.75, 3.05) is 0 Å². The van der Waals surface area contributed by atoms with Crippen molar-refractivity contribution in [3.63, 3.8) is 0 Å². The maximum absolute atomic E-state index is 13.0. The van der Waals surface area contributed by atoms with Crippen molar-refractivity contribution in [3.05, 3.63) is 23.6 Å². The largest absolute Gasteiger partial charge is 0.439 e. The molecular weight excluding hydrogens is 331 g/mol. The molecule has 1 heterocycles. The lowest BCUT2D eigenvalue weighted by Crippen LogP contribution is -2.11. The second-order valence-corrected chi connectivity index (χ2v) is 8.00. The Kier molecular flexibility index (Phi) is 3.53. The molecule has 1 aromatic carbocycles. The van der Waals surface area contributed by atoms with Gasteiger partial charge < -0.3 is 4.42 Å². The summed E-state index contributed by atoms with van der Waals surface area (Å²) >= 11 is 0. The van der Waals surface area contributed by atoms with E-state index in [0.717, 1.165) is 6.07 Å². The Hall–Kier alpha value is -1.28. The Morgan fingerprint density at radius 1 is 1.19 bits per heavy atom. The average molecular weight is 342 g/mol. The summed E-state index contributed by atoms with van der Waals surface area (Å²) in [6, 6.07) is 1.69. The lowest BCUT2D eigenvalue weighted by atomic mass is 9.97. The Morgan fingerprint density at radius 3 is 2.19 bits per heavy atom. The minimum atomic E-state index is -4.87. The molecule has 2 rings (SSSR count). The van der Waals surface area contributed by atoms with Gasteiger partial charge in [-0.2, -0.15) is 13.2 Å². The van der Waals surface area contributed by atoms with Crippen LogP contribution in [0.5, 0.6) is 0 Å². The molecule has 0 aliphatic rings. The first-order chi connectivity index (χ1) is 9.32. The lowest BCUT2D eigenvalue weighted by molar-refractivity contribution is -0.139. The normalized spacial score (nSPS) is 13.9. The van der Waals surface area contributed by atoms with Crippen LogP contribution in [0.1, 0.15) is 32.2 Å². The standard InChI is InChI=1S/C12H11ClF3NO3S/c1-11(2,3)10-17-7-5-4-6(12(14,15)16)9(8(7)20-10)21(13,18)19/h4-5H,1-3H3. The van der Waals surface area contributed by atoms with Crippen molar-refractivity contribution < 1.29 is 26.0 Å². The minimum Gasteiger partial charge on any atom is -0.439 e. The summed E-state index contributed by atoms with van der Waals surface area (Å²) < 4.78 is 67.2. The van der Waals surface area contributed by atoms with E-state index in [1.54, 1.807) is 20.8 Å². The van der Waals surface area contributed by atoms with Crippen molar-refractivity contribution in [2.45, 2.75) is 37.3 Å². The van der Waals surface area contributed by atoms with Crippen LogP contribution in [0.25, 0.3) is 11.1 Å². The van der Waals surface area contributed by atoms with Gasteiger partial charge in [0.2, 0.25) is 5.89 Å². The first-order valence-corrected chi connectivity index (χ1v) is 8.08. The van der Waals surface area contributed by atoms with Crippen LogP contribution < -0.4 is 0 Å². The summed E-state index contributed by atoms with van der Waals surface area (Å²) in [5.74, 6) is 0.124. The fraction of sp³-hybridized carbons (Fsp3) is 0.417. The lowest BCUT2D eigenvalue weighted by Gasteiger charge is -2.12. The van der Waals surface area contributed by atoms with Crippen molar-refractivity contribution in [1.82, 2.24) is 4.98 Å². The summed E-state index contributed by atoms with van der Waals surface area (Å²) in [6.07, 6.45) is -4.87. The molecule has 0 saturated heterocycles. The molecule has 0 bridgehead atoms. The van der Waals surface area contributed by atoms with Gasteiger partial charge in [0.15, 0.2) is 5.58 Å². The highest BCUT2D eigenvalue weighted by Gasteiger charge is 2.39. The zero-order valence-corrected chi connectivity index (χ0v) is 12.8. The molecule has 2 aromatic rings. The number of nitrogens with zero attached hydrogens (tertiary/aromatic N) is 1. The van der Waals surface area contributed by atoms with E-state index < -0.39 is 36.7 Å². The summed E-state index contributed by atoms with van der Waals surface area (Å²) in [6.45, 7) is 5.20. The molecule has 116 valence electrons. The van der Waals surface area contributed by atoms with E-state index in [-0.39, 0.29) is 11.4 Å². The van der Waals surface area contributed by atoms with Crippen LogP contribution in [0, 0.1) is 0 Å². The van der Waals surface area contributed by atoms with Gasteiger partial charge in [0.1, 0.15) is 10.4 Å². The molecule has 0 fully saturated rings. The fourth-order valence-electron chi connectivity index (χ4n) is 1.75. The molecule has 0 N–H and O–H groups in total. The SMILES string of the molecule is CC(C)(C)c1nc2ccc(C(F)(F)F)c(S(=O)(=O)Cl)c2o1. The number of aromatic nitrogens is 1. The van der Waals surface area contributed by atoms with E-state index in [0.29, 0.717) is 6.07 Å². The van der Waals surface area contributed by atoms with Gasteiger partial charge in [-0.25, -0.2) is 13.4 Å². The van der Waals surface area contributed by atoms with Gasteiger partial charge in [-0.3, -0.25) is 0 Å². The first kappa shape index (κ1) is 16.1. The van der Waals surface area contributed by atoms with E-state index in [1.165, 1.54) is 0 Å². The second-order valence-electron chi connectivity index (χ2n) is 5.50. The third kappa shape index (κ3) is 3.01. The van der Waals surface area contributed by atoms with Gasteiger partial charge in [0.05, 0.1) is 5.56 Å². The van der Waals surface area contributed by atoms with Crippen molar-refractivity contribution in [3.8, 4) is 0 Å². The highest BCUT2D eigenvalue weighted by atomic mass is 35.7. The van der Waals surface area contributed by atoms with Gasteiger partial charge >= 0.3 is 6.18 Å². The van der Waals surface area contributed by atoms with Crippen LogP contribution in [0.4, 0.5) is 13.2 Å². The molecule has 4 nitrogen and oxygen atoms in total. The van der Waals surface area contributed by atoms with Crippen LogP contribution in [-0.4, -0.2) is 13.4 Å². The Bertz CT molecular complexity index is 803. The Morgan fingerprint density at radius 2 is 1.76 bits per heavy atom. The highest BCUT2D eigenvalue weighted by Crippen LogP contribution is 2.40. The zero-order chi connectivity index (χ0) is 16.2. The molecule has 1 aromatic heterocycles. The van der Waals surface area contributed by atoms with Gasteiger partial charge in [-0.15, -0.1) is 0 Å². The monoisotopic (exact) mass is 341 g/mol. The van der Waals surface area contributed by atoms with Crippen molar-refractivity contribution in [1.29, 1.82) is 0 Å². The molecule has 0 aliphatic heterocycles. The Balaban J connectivity index is 2.93. The van der Waals surface area contributed by atoms with E-state index >= 15 is 0 Å². The van der Waals surface area contributed by atoms with E-state index in [4.69, 9.17) is 15.1 Å². The van der Waals surface area contributed by atoms with Crippen molar-refractivity contribution in [2.24, 2.45) is 0 Å². The second kappa shape index (κ2) is 4.61. The number of halogens is 4. The van der Waals surface area contributed by atoms with E-state index in [2.05, 4.69) is 4.98 Å². The molecular formula is C12H11ClF3NO3S. The number of hydrogen-bond donors (Lipinski definition) is 0. The molecule has 0 saturated carbocycles.